The van der Waals surface area contributed by atoms with Crippen molar-refractivity contribution in [2.75, 3.05) is 55.9 Å². The number of alkyl halides is 1. The minimum absolute atomic E-state index is 0.0658. The molecular weight excluding hydrogens is 596 g/mol. The Kier molecular flexibility index (Phi) is 9.11. The van der Waals surface area contributed by atoms with Crippen LogP contribution in [0.15, 0.2) is 67.6 Å². The number of hydrogen-bond acceptors (Lipinski definition) is 10. The Bertz CT molecular complexity index is 1730. The number of piperidine rings is 1. The van der Waals surface area contributed by atoms with Crippen molar-refractivity contribution in [3.63, 3.8) is 0 Å². The average molecular weight is 632 g/mol. The van der Waals surface area contributed by atoms with E-state index in [1.807, 2.05) is 12.1 Å². The summed E-state index contributed by atoms with van der Waals surface area (Å²) >= 11 is 0. The number of ether oxygens (including phenoxy) is 3. The Morgan fingerprint density at radius 2 is 1.83 bits per heavy atom. The van der Waals surface area contributed by atoms with Crippen molar-refractivity contribution >= 4 is 39.8 Å². The van der Waals surface area contributed by atoms with E-state index in [0.29, 0.717) is 53.7 Å². The first-order chi connectivity index (χ1) is 22.3. The molecule has 2 aliphatic heterocycles. The lowest BCUT2D eigenvalue weighted by atomic mass is 10.0. The van der Waals surface area contributed by atoms with E-state index >= 15 is 4.39 Å². The van der Waals surface area contributed by atoms with Gasteiger partial charge in [0.2, 0.25) is 5.91 Å². The van der Waals surface area contributed by atoms with Gasteiger partial charge in [0.1, 0.15) is 53.3 Å². The van der Waals surface area contributed by atoms with Gasteiger partial charge in [0.05, 0.1) is 30.5 Å². The maximum atomic E-state index is 15.4. The summed E-state index contributed by atoms with van der Waals surface area (Å²) < 4.78 is 46.3. The number of fused-ring (bicyclic) bond motifs is 1. The summed E-state index contributed by atoms with van der Waals surface area (Å²) in [6.45, 7) is 5.38. The van der Waals surface area contributed by atoms with Crippen molar-refractivity contribution in [1.29, 1.82) is 0 Å². The molecule has 11 nitrogen and oxygen atoms in total. The number of halogens is 2. The van der Waals surface area contributed by atoms with E-state index < -0.39 is 18.1 Å². The molecule has 4 aromatic rings. The van der Waals surface area contributed by atoms with Gasteiger partial charge in [0.15, 0.2) is 0 Å². The fourth-order valence-corrected chi connectivity index (χ4v) is 5.76. The first kappa shape index (κ1) is 31.0. The van der Waals surface area contributed by atoms with E-state index in [4.69, 9.17) is 14.2 Å². The Morgan fingerprint density at radius 1 is 1.02 bits per heavy atom. The van der Waals surface area contributed by atoms with Crippen LogP contribution in [0.2, 0.25) is 0 Å². The first-order valence-electron chi connectivity index (χ1n) is 15.0. The van der Waals surface area contributed by atoms with Gasteiger partial charge >= 0.3 is 0 Å². The Morgan fingerprint density at radius 3 is 2.54 bits per heavy atom. The lowest BCUT2D eigenvalue weighted by Gasteiger charge is -2.32. The second kappa shape index (κ2) is 13.5. The van der Waals surface area contributed by atoms with E-state index in [-0.39, 0.29) is 29.9 Å². The molecule has 0 saturated carbocycles. The predicted octanol–water partition coefficient (Wildman–Crippen LogP) is 5.47. The van der Waals surface area contributed by atoms with Crippen molar-refractivity contribution in [2.24, 2.45) is 0 Å². The predicted molar refractivity (Wildman–Crippen MR) is 171 cm³/mol. The van der Waals surface area contributed by atoms with E-state index in [1.165, 1.54) is 25.6 Å². The van der Waals surface area contributed by atoms with Crippen molar-refractivity contribution in [1.82, 2.24) is 19.9 Å². The number of nitrogens with one attached hydrogen (secondary N) is 2. The zero-order valence-corrected chi connectivity index (χ0v) is 25.6. The van der Waals surface area contributed by atoms with Crippen molar-refractivity contribution in [3.05, 3.63) is 73.5 Å². The van der Waals surface area contributed by atoms with Crippen LogP contribution in [0.25, 0.3) is 10.9 Å². The summed E-state index contributed by atoms with van der Waals surface area (Å²) in [4.78, 5) is 28.7. The van der Waals surface area contributed by atoms with Gasteiger partial charge in [-0.25, -0.2) is 23.7 Å². The minimum Gasteiger partial charge on any atom is -0.495 e. The van der Waals surface area contributed by atoms with Gasteiger partial charge in [-0.05, 0) is 43.2 Å². The molecule has 6 rings (SSSR count). The molecule has 240 valence electrons. The molecule has 2 aromatic heterocycles. The van der Waals surface area contributed by atoms with Crippen molar-refractivity contribution < 1.29 is 27.8 Å². The highest BCUT2D eigenvalue weighted by atomic mass is 19.1. The number of carbonyl (C=O) groups is 1. The standard InChI is InChI=1S/C33H35F2N7O4/c1-4-32(43)41-11-8-20(9-12-41)39-28-15-23-27(16-29(28)44-2)37-19-38-33(23)40-26-6-5-21(13-24(26)34)46-22-7-10-36-31(14-22)42-17-25(35)30(18-42)45-3/h4-7,10,13-16,19-20,25,30,39H,1,8-9,11-12,17-18H2,2-3H3,(H,37,38,40)/t25-,30+/m1/s1. The highest BCUT2D eigenvalue weighted by Gasteiger charge is 2.33. The van der Waals surface area contributed by atoms with Crippen LogP contribution in [0, 0.1) is 5.82 Å². The van der Waals surface area contributed by atoms with Crippen LogP contribution in [-0.4, -0.2) is 84.5 Å². The number of nitrogens with zero attached hydrogens (tertiary/aromatic N) is 5. The van der Waals surface area contributed by atoms with Crippen LogP contribution in [-0.2, 0) is 9.53 Å². The maximum absolute atomic E-state index is 15.4. The molecule has 0 radical (unpaired) electrons. The smallest absolute Gasteiger partial charge is 0.245 e. The second-order valence-electron chi connectivity index (χ2n) is 11.2. The lowest BCUT2D eigenvalue weighted by molar-refractivity contribution is -0.126. The number of amides is 1. The summed E-state index contributed by atoms with van der Waals surface area (Å²) in [5.74, 6) is 1.69. The third kappa shape index (κ3) is 6.64. The Balaban J connectivity index is 1.17. The van der Waals surface area contributed by atoms with Crippen LogP contribution < -0.4 is 25.0 Å². The molecule has 2 aromatic carbocycles. The molecule has 0 unspecified atom stereocenters. The number of methoxy groups -OCH3 is 2. The first-order valence-corrected chi connectivity index (χ1v) is 15.0. The maximum Gasteiger partial charge on any atom is 0.245 e. The summed E-state index contributed by atoms with van der Waals surface area (Å²) in [6, 6.07) is 11.6. The fourth-order valence-electron chi connectivity index (χ4n) is 5.76. The van der Waals surface area contributed by atoms with Crippen LogP contribution >= 0.6 is 0 Å². The van der Waals surface area contributed by atoms with Gasteiger partial charge in [0.25, 0.3) is 0 Å². The highest BCUT2D eigenvalue weighted by Crippen LogP contribution is 2.35. The Hall–Kier alpha value is -5.04. The topological polar surface area (TPSA) is 114 Å². The molecule has 13 heteroatoms. The zero-order chi connectivity index (χ0) is 32.2. The molecule has 1 amide bonds. The monoisotopic (exact) mass is 631 g/mol. The number of pyridine rings is 1. The number of aromatic nitrogens is 3. The van der Waals surface area contributed by atoms with Crippen LogP contribution in [0.4, 0.5) is 31.8 Å². The van der Waals surface area contributed by atoms with E-state index in [1.54, 1.807) is 47.4 Å². The number of likely N-dealkylation sites (tertiary alicyclic amines) is 1. The second-order valence-corrected chi connectivity index (χ2v) is 11.2. The van der Waals surface area contributed by atoms with E-state index in [0.717, 1.165) is 18.5 Å². The average Bonchev–Trinajstić information content (AvgIpc) is 3.46. The van der Waals surface area contributed by atoms with Crippen molar-refractivity contribution in [2.45, 2.75) is 31.2 Å². The molecule has 0 bridgehead atoms. The summed E-state index contributed by atoms with van der Waals surface area (Å²) in [5.41, 5.74) is 1.56. The summed E-state index contributed by atoms with van der Waals surface area (Å²) in [6.07, 6.45) is 4.21. The van der Waals surface area contributed by atoms with Gasteiger partial charge in [-0.1, -0.05) is 6.58 Å². The molecule has 0 spiro atoms. The van der Waals surface area contributed by atoms with Crippen LogP contribution in [0.1, 0.15) is 12.8 Å². The Labute approximate surface area is 265 Å². The number of rotatable bonds is 10. The van der Waals surface area contributed by atoms with Crippen LogP contribution in [0.5, 0.6) is 17.2 Å². The molecule has 4 heterocycles. The molecular formula is C33H35F2N7O4. The molecule has 2 atom stereocenters. The fraction of sp³-hybridized carbons (Fsp3) is 0.333. The highest BCUT2D eigenvalue weighted by molar-refractivity contribution is 5.95. The third-order valence-corrected chi connectivity index (χ3v) is 8.27. The SMILES string of the molecule is C=CC(=O)N1CCC(Nc2cc3c(Nc4ccc(Oc5ccnc(N6C[C@@H](F)[C@@H](OC)C6)c5)cc4F)ncnc3cc2OC)CC1. The van der Waals surface area contributed by atoms with Gasteiger partial charge in [-0.3, -0.25) is 4.79 Å². The van der Waals surface area contributed by atoms with E-state index in [9.17, 15) is 9.18 Å². The minimum atomic E-state index is -1.11. The van der Waals surface area contributed by atoms with Gasteiger partial charge in [-0.2, -0.15) is 0 Å². The van der Waals surface area contributed by atoms with Crippen molar-refractivity contribution in [3.8, 4) is 17.2 Å². The molecule has 2 saturated heterocycles. The quantitative estimate of drug-likeness (QED) is 0.219. The van der Waals surface area contributed by atoms with Gasteiger partial charge in [-0.15, -0.1) is 0 Å². The molecule has 2 N–H and O–H groups in total. The number of hydrogen-bond donors (Lipinski definition) is 2. The van der Waals surface area contributed by atoms with E-state index in [2.05, 4.69) is 32.2 Å². The number of carbonyl (C=O) groups excluding carboxylic acids is 1. The lowest BCUT2D eigenvalue weighted by Crippen LogP contribution is -2.41. The number of anilines is 4. The number of benzene rings is 2. The summed E-state index contributed by atoms with van der Waals surface area (Å²) in [5, 5.41) is 7.30. The van der Waals surface area contributed by atoms with Gasteiger partial charge < -0.3 is 34.6 Å². The zero-order valence-electron chi connectivity index (χ0n) is 25.6. The largest absolute Gasteiger partial charge is 0.495 e. The van der Waals surface area contributed by atoms with Gasteiger partial charge in [0, 0.05) is 62.6 Å². The molecule has 0 aliphatic carbocycles. The molecule has 2 fully saturated rings. The third-order valence-electron chi connectivity index (χ3n) is 8.27. The molecule has 2 aliphatic rings. The normalized spacial score (nSPS) is 18.4. The van der Waals surface area contributed by atoms with Crippen LogP contribution in [0.3, 0.4) is 0 Å². The summed E-state index contributed by atoms with van der Waals surface area (Å²) in [7, 11) is 3.08. The molecule has 46 heavy (non-hydrogen) atoms.